The van der Waals surface area contributed by atoms with Gasteiger partial charge in [0.15, 0.2) is 5.03 Å². The predicted octanol–water partition coefficient (Wildman–Crippen LogP) is 2.67. The molecule has 1 aromatic heterocycles. The molecule has 3 atom stereocenters. The maximum atomic E-state index is 12.1. The third-order valence-corrected chi connectivity index (χ3v) is 5.17. The van der Waals surface area contributed by atoms with E-state index < -0.39 is 12.6 Å². The van der Waals surface area contributed by atoms with E-state index in [2.05, 4.69) is 13.6 Å². The van der Waals surface area contributed by atoms with Gasteiger partial charge in [0.2, 0.25) is 0 Å². The van der Waals surface area contributed by atoms with Gasteiger partial charge < -0.3 is 4.74 Å². The Balaban J connectivity index is 1.54. The number of aromatic nitrogens is 2. The zero-order valence-electron chi connectivity index (χ0n) is 10.6. The maximum absolute atomic E-state index is 12.1. The van der Waals surface area contributed by atoms with Crippen LogP contribution in [0.3, 0.4) is 0 Å². The van der Waals surface area contributed by atoms with Gasteiger partial charge in [-0.2, -0.15) is 17.5 Å². The molecule has 0 aliphatic carbocycles. The van der Waals surface area contributed by atoms with Crippen LogP contribution in [-0.4, -0.2) is 51.3 Å². The quantitative estimate of drug-likeness (QED) is 0.778. The summed E-state index contributed by atoms with van der Waals surface area (Å²) in [6, 6.07) is 0. The van der Waals surface area contributed by atoms with Crippen molar-refractivity contribution in [3.8, 4) is 5.88 Å². The van der Waals surface area contributed by atoms with Crippen molar-refractivity contribution in [1.82, 2.24) is 13.6 Å². The van der Waals surface area contributed by atoms with Crippen molar-refractivity contribution in [2.75, 3.05) is 25.4 Å². The van der Waals surface area contributed by atoms with E-state index >= 15 is 0 Å². The van der Waals surface area contributed by atoms with Crippen molar-refractivity contribution in [2.45, 2.75) is 30.1 Å². The zero-order valence-corrected chi connectivity index (χ0v) is 12.2. The topological polar surface area (TPSA) is 38.3 Å². The molecule has 2 aliphatic rings. The Morgan fingerprint density at radius 1 is 1.35 bits per heavy atom. The molecular formula is C11H14F3N3OS2. The zero-order chi connectivity index (χ0) is 14.2. The van der Waals surface area contributed by atoms with Gasteiger partial charge in [0.25, 0.3) is 5.88 Å². The van der Waals surface area contributed by atoms with E-state index in [4.69, 9.17) is 4.74 Å². The van der Waals surface area contributed by atoms with Crippen molar-refractivity contribution in [2.24, 2.45) is 5.92 Å². The number of fused-ring (bicyclic) bond motifs is 2. The highest BCUT2D eigenvalue weighted by Gasteiger charge is 2.40. The summed E-state index contributed by atoms with van der Waals surface area (Å²) in [5.41, 5.74) is 0. The average molecular weight is 325 g/mol. The molecule has 0 N–H and O–H groups in total. The summed E-state index contributed by atoms with van der Waals surface area (Å²) in [6.45, 7) is 3.06. The van der Waals surface area contributed by atoms with E-state index in [9.17, 15) is 13.2 Å². The Labute approximate surface area is 123 Å². The Hall–Kier alpha value is -0.540. The second kappa shape index (κ2) is 5.69. The molecule has 112 valence electrons. The van der Waals surface area contributed by atoms with E-state index in [0.29, 0.717) is 16.8 Å². The summed E-state index contributed by atoms with van der Waals surface area (Å²) in [4.78, 5) is 2.34. The lowest BCUT2D eigenvalue weighted by molar-refractivity contribution is -0.129. The van der Waals surface area contributed by atoms with Crippen LogP contribution in [-0.2, 0) is 0 Å². The molecular weight excluding hydrogens is 311 g/mol. The highest BCUT2D eigenvalue weighted by atomic mass is 32.2. The lowest BCUT2D eigenvalue weighted by Gasteiger charge is -2.22. The Morgan fingerprint density at radius 3 is 2.85 bits per heavy atom. The molecule has 1 aromatic rings. The molecule has 2 fully saturated rings. The fourth-order valence-electron chi connectivity index (χ4n) is 2.61. The number of piperidine rings is 1. The summed E-state index contributed by atoms with van der Waals surface area (Å²) in [5, 5.41) is 0.483. The summed E-state index contributed by atoms with van der Waals surface area (Å²) in [5.74, 6) is 0.872. The second-order valence-electron chi connectivity index (χ2n) is 5.05. The lowest BCUT2D eigenvalue weighted by atomic mass is 10.0. The molecule has 0 aromatic carbocycles. The minimum atomic E-state index is -4.13. The number of alkyl halides is 3. The smallest absolute Gasteiger partial charge is 0.389 e. The average Bonchev–Trinajstić information content (AvgIpc) is 3.05. The molecule has 9 heteroatoms. The number of halogens is 3. The van der Waals surface area contributed by atoms with Crippen molar-refractivity contribution >= 4 is 23.5 Å². The molecule has 0 amide bonds. The van der Waals surface area contributed by atoms with Crippen molar-refractivity contribution < 1.29 is 17.9 Å². The number of thioether (sulfide) groups is 1. The van der Waals surface area contributed by atoms with Crippen LogP contribution < -0.4 is 4.74 Å². The molecule has 2 bridgehead atoms. The van der Waals surface area contributed by atoms with Gasteiger partial charge in [-0.05, 0) is 13.0 Å². The molecule has 0 radical (unpaired) electrons. The molecule has 20 heavy (non-hydrogen) atoms. The number of hydrogen-bond acceptors (Lipinski definition) is 6. The van der Waals surface area contributed by atoms with Crippen LogP contribution in [0.5, 0.6) is 5.88 Å². The number of ether oxygens (including phenoxy) is 1. The molecule has 0 saturated carbocycles. The summed E-state index contributed by atoms with van der Waals surface area (Å²) in [6.07, 6.45) is -3.72. The Kier molecular flexibility index (Phi) is 4.09. The fraction of sp³-hybridized carbons (Fsp3) is 0.818. The van der Waals surface area contributed by atoms with Crippen LogP contribution in [0, 0.1) is 5.92 Å². The van der Waals surface area contributed by atoms with E-state index in [1.54, 1.807) is 0 Å². The molecule has 3 unspecified atom stereocenters. The molecule has 2 aliphatic heterocycles. The van der Waals surface area contributed by atoms with Crippen molar-refractivity contribution in [3.05, 3.63) is 0 Å². The largest absolute Gasteiger partial charge is 0.470 e. The van der Waals surface area contributed by atoms with Crippen molar-refractivity contribution in [3.63, 3.8) is 0 Å². The monoisotopic (exact) mass is 325 g/mol. The first-order valence-corrected chi connectivity index (χ1v) is 8.14. The van der Waals surface area contributed by atoms with Crippen molar-refractivity contribution in [1.29, 1.82) is 0 Å². The van der Waals surface area contributed by atoms with Gasteiger partial charge in [0, 0.05) is 24.8 Å². The van der Waals surface area contributed by atoms with Gasteiger partial charge >= 0.3 is 6.18 Å². The third kappa shape index (κ3) is 3.37. The number of hydrogen-bond donors (Lipinski definition) is 0. The van der Waals surface area contributed by atoms with Crippen LogP contribution in [0.1, 0.15) is 12.8 Å². The number of rotatable bonds is 5. The minimum Gasteiger partial charge on any atom is -0.470 e. The predicted molar refractivity (Wildman–Crippen MR) is 70.3 cm³/mol. The second-order valence-corrected chi connectivity index (χ2v) is 6.66. The lowest BCUT2D eigenvalue weighted by Crippen LogP contribution is -2.32. The van der Waals surface area contributed by atoms with E-state index in [0.717, 1.165) is 49.5 Å². The summed E-state index contributed by atoms with van der Waals surface area (Å²) >= 11 is 2.05. The molecule has 2 saturated heterocycles. The van der Waals surface area contributed by atoms with Gasteiger partial charge in [0.05, 0.1) is 18.1 Å². The SMILES string of the molecule is FC(F)(F)CCSc1nsnc1OC1CN2CCC1C2. The molecule has 3 rings (SSSR count). The Bertz CT molecular complexity index is 468. The van der Waals surface area contributed by atoms with Crippen LogP contribution in [0.4, 0.5) is 13.2 Å². The van der Waals surface area contributed by atoms with Gasteiger partial charge in [-0.25, -0.2) is 0 Å². The summed E-state index contributed by atoms with van der Waals surface area (Å²) in [7, 11) is 0. The fourth-order valence-corrected chi connectivity index (χ4v) is 4.12. The van der Waals surface area contributed by atoms with E-state index in [1.165, 1.54) is 0 Å². The minimum absolute atomic E-state index is 0.0501. The third-order valence-electron chi connectivity index (χ3n) is 3.59. The highest BCUT2D eigenvalue weighted by molar-refractivity contribution is 7.99. The van der Waals surface area contributed by atoms with Crippen LogP contribution in [0.2, 0.25) is 0 Å². The van der Waals surface area contributed by atoms with E-state index in [-0.39, 0.29) is 11.9 Å². The van der Waals surface area contributed by atoms with Gasteiger partial charge in [-0.3, -0.25) is 4.90 Å². The normalized spacial score (nSPS) is 29.1. The standard InChI is InChI=1S/C11H14F3N3OS2/c12-11(13,14)2-4-19-10-9(15-20-16-10)18-8-6-17-3-1-7(8)5-17/h7-8H,1-6H2. The van der Waals surface area contributed by atoms with Gasteiger partial charge in [0.1, 0.15) is 6.10 Å². The highest BCUT2D eigenvalue weighted by Crippen LogP contribution is 2.35. The summed E-state index contributed by atoms with van der Waals surface area (Å²) < 4.78 is 50.3. The first-order chi connectivity index (χ1) is 9.51. The van der Waals surface area contributed by atoms with Crippen LogP contribution in [0.25, 0.3) is 0 Å². The van der Waals surface area contributed by atoms with Gasteiger partial charge in [-0.15, -0.1) is 4.37 Å². The molecule has 4 nitrogen and oxygen atoms in total. The maximum Gasteiger partial charge on any atom is 0.389 e. The first-order valence-electron chi connectivity index (χ1n) is 6.42. The van der Waals surface area contributed by atoms with Gasteiger partial charge in [-0.1, -0.05) is 11.8 Å². The Morgan fingerprint density at radius 2 is 2.20 bits per heavy atom. The van der Waals surface area contributed by atoms with Crippen LogP contribution in [0.15, 0.2) is 5.03 Å². The first kappa shape index (κ1) is 14.4. The van der Waals surface area contributed by atoms with Crippen LogP contribution >= 0.6 is 23.5 Å². The number of nitrogens with zero attached hydrogens (tertiary/aromatic N) is 3. The van der Waals surface area contributed by atoms with E-state index in [1.807, 2.05) is 0 Å². The molecule has 3 heterocycles. The molecule has 0 spiro atoms.